The molecule has 1 atom stereocenters. The third-order valence-electron chi connectivity index (χ3n) is 3.08. The summed E-state index contributed by atoms with van der Waals surface area (Å²) >= 11 is 0. The lowest BCUT2D eigenvalue weighted by Gasteiger charge is -2.17. The highest BCUT2D eigenvalue weighted by atomic mass is 16.1. The first-order chi connectivity index (χ1) is 8.88. The van der Waals surface area contributed by atoms with Crippen molar-refractivity contribution >= 4 is 5.91 Å². The molecular weight excluding hydrogens is 236 g/mol. The molecule has 0 radical (unpaired) electrons. The maximum Gasteiger partial charge on any atom is 0.220 e. The molecule has 1 amide bonds. The van der Waals surface area contributed by atoms with Gasteiger partial charge in [-0.3, -0.25) is 4.79 Å². The van der Waals surface area contributed by atoms with Crippen LogP contribution in [0.2, 0.25) is 0 Å². The molecule has 1 unspecified atom stereocenters. The minimum atomic E-state index is -0.132. The number of amides is 1. The van der Waals surface area contributed by atoms with Gasteiger partial charge in [0, 0.05) is 19.0 Å². The van der Waals surface area contributed by atoms with Crippen LogP contribution >= 0.6 is 0 Å². The standard InChI is InChI=1S/C16H26N2O/c1-16(2,3)11-7-10-15(19)18-12-14(17)13-8-5-4-6-9-13/h4-6,8-9,14H,7,10-12,17H2,1-3H3,(H,18,19). The smallest absolute Gasteiger partial charge is 0.220 e. The highest BCUT2D eigenvalue weighted by molar-refractivity contribution is 5.75. The fraction of sp³-hybridized carbons (Fsp3) is 0.562. The van der Waals surface area contributed by atoms with E-state index >= 15 is 0 Å². The van der Waals surface area contributed by atoms with Crippen LogP contribution in [0.15, 0.2) is 30.3 Å². The summed E-state index contributed by atoms with van der Waals surface area (Å²) in [5, 5.41) is 2.90. The van der Waals surface area contributed by atoms with Gasteiger partial charge in [-0.25, -0.2) is 0 Å². The van der Waals surface area contributed by atoms with Crippen LogP contribution in [0, 0.1) is 5.41 Å². The second kappa shape index (κ2) is 7.29. The fourth-order valence-electron chi connectivity index (χ4n) is 1.91. The molecule has 0 heterocycles. The quantitative estimate of drug-likeness (QED) is 0.828. The third-order valence-corrected chi connectivity index (χ3v) is 3.08. The first kappa shape index (κ1) is 15.7. The van der Waals surface area contributed by atoms with Crippen molar-refractivity contribution in [3.05, 3.63) is 35.9 Å². The maximum atomic E-state index is 11.7. The number of carbonyl (C=O) groups excluding carboxylic acids is 1. The molecule has 19 heavy (non-hydrogen) atoms. The van der Waals surface area contributed by atoms with E-state index in [9.17, 15) is 4.79 Å². The molecule has 0 aliphatic carbocycles. The summed E-state index contributed by atoms with van der Waals surface area (Å²) in [7, 11) is 0. The fourth-order valence-corrected chi connectivity index (χ4v) is 1.91. The zero-order chi connectivity index (χ0) is 14.3. The predicted molar refractivity (Wildman–Crippen MR) is 79.7 cm³/mol. The van der Waals surface area contributed by atoms with Crippen LogP contribution in [-0.2, 0) is 4.79 Å². The zero-order valence-corrected chi connectivity index (χ0v) is 12.3. The minimum Gasteiger partial charge on any atom is -0.354 e. The van der Waals surface area contributed by atoms with E-state index in [2.05, 4.69) is 26.1 Å². The molecule has 0 aliphatic rings. The first-order valence-electron chi connectivity index (χ1n) is 6.96. The van der Waals surface area contributed by atoms with Gasteiger partial charge in [-0.15, -0.1) is 0 Å². The lowest BCUT2D eigenvalue weighted by Crippen LogP contribution is -2.31. The van der Waals surface area contributed by atoms with Crippen molar-refractivity contribution in [1.29, 1.82) is 0 Å². The molecule has 3 N–H and O–H groups in total. The Hall–Kier alpha value is -1.35. The second-order valence-corrected chi connectivity index (χ2v) is 6.24. The lowest BCUT2D eigenvalue weighted by molar-refractivity contribution is -0.121. The summed E-state index contributed by atoms with van der Waals surface area (Å²) in [6, 6.07) is 9.71. The molecule has 0 saturated heterocycles. The van der Waals surface area contributed by atoms with Gasteiger partial charge in [0.2, 0.25) is 5.91 Å². The van der Waals surface area contributed by atoms with Gasteiger partial charge >= 0.3 is 0 Å². The second-order valence-electron chi connectivity index (χ2n) is 6.24. The van der Waals surface area contributed by atoms with Crippen LogP contribution in [0.25, 0.3) is 0 Å². The average Bonchev–Trinajstić information content (AvgIpc) is 2.35. The Bertz CT molecular complexity index is 381. The molecule has 0 aromatic heterocycles. The van der Waals surface area contributed by atoms with Crippen LogP contribution < -0.4 is 11.1 Å². The Morgan fingerprint density at radius 3 is 2.47 bits per heavy atom. The van der Waals surface area contributed by atoms with Gasteiger partial charge in [-0.1, -0.05) is 51.1 Å². The summed E-state index contributed by atoms with van der Waals surface area (Å²) in [5.74, 6) is 0.0932. The van der Waals surface area contributed by atoms with Gasteiger partial charge in [0.1, 0.15) is 0 Å². The highest BCUT2D eigenvalue weighted by Gasteiger charge is 2.12. The first-order valence-corrected chi connectivity index (χ1v) is 6.96. The minimum absolute atomic E-state index is 0.0932. The van der Waals surface area contributed by atoms with Crippen LogP contribution in [-0.4, -0.2) is 12.5 Å². The predicted octanol–water partition coefficient (Wildman–Crippen LogP) is 3.02. The molecule has 0 fully saturated rings. The molecule has 0 bridgehead atoms. The monoisotopic (exact) mass is 262 g/mol. The Kier molecular flexibility index (Phi) is 6.03. The molecular formula is C16H26N2O. The van der Waals surface area contributed by atoms with Crippen LogP contribution in [0.3, 0.4) is 0 Å². The topological polar surface area (TPSA) is 55.1 Å². The van der Waals surface area contributed by atoms with E-state index in [0.717, 1.165) is 18.4 Å². The van der Waals surface area contributed by atoms with E-state index in [1.54, 1.807) is 0 Å². The Balaban J connectivity index is 2.23. The summed E-state index contributed by atoms with van der Waals surface area (Å²) in [6.07, 6.45) is 2.57. The summed E-state index contributed by atoms with van der Waals surface area (Å²) in [5.41, 5.74) is 7.37. The number of carbonyl (C=O) groups is 1. The zero-order valence-electron chi connectivity index (χ0n) is 12.3. The SMILES string of the molecule is CC(C)(C)CCCC(=O)NCC(N)c1ccccc1. The molecule has 0 spiro atoms. The highest BCUT2D eigenvalue weighted by Crippen LogP contribution is 2.21. The number of nitrogens with one attached hydrogen (secondary N) is 1. The van der Waals surface area contributed by atoms with Crippen molar-refractivity contribution in [1.82, 2.24) is 5.32 Å². The van der Waals surface area contributed by atoms with Gasteiger partial charge in [-0.05, 0) is 23.8 Å². The van der Waals surface area contributed by atoms with Crippen molar-refractivity contribution in [2.75, 3.05) is 6.54 Å². The number of rotatable bonds is 6. The van der Waals surface area contributed by atoms with E-state index in [-0.39, 0.29) is 11.9 Å². The lowest BCUT2D eigenvalue weighted by atomic mass is 9.90. The van der Waals surface area contributed by atoms with Gasteiger partial charge in [-0.2, -0.15) is 0 Å². The van der Waals surface area contributed by atoms with Gasteiger partial charge < -0.3 is 11.1 Å². The van der Waals surface area contributed by atoms with Crippen molar-refractivity contribution in [3.63, 3.8) is 0 Å². The molecule has 0 aliphatic heterocycles. The van der Waals surface area contributed by atoms with E-state index < -0.39 is 0 Å². The largest absolute Gasteiger partial charge is 0.354 e. The van der Waals surface area contributed by atoms with E-state index in [1.165, 1.54) is 0 Å². The normalized spacial score (nSPS) is 13.1. The van der Waals surface area contributed by atoms with Crippen molar-refractivity contribution in [2.45, 2.75) is 46.1 Å². The Morgan fingerprint density at radius 2 is 1.89 bits per heavy atom. The van der Waals surface area contributed by atoms with Crippen molar-refractivity contribution in [3.8, 4) is 0 Å². The number of hydrogen-bond acceptors (Lipinski definition) is 2. The van der Waals surface area contributed by atoms with Crippen LogP contribution in [0.4, 0.5) is 0 Å². The molecule has 106 valence electrons. The van der Waals surface area contributed by atoms with Crippen molar-refractivity contribution < 1.29 is 4.79 Å². The molecule has 1 aromatic rings. The number of hydrogen-bond donors (Lipinski definition) is 2. The summed E-state index contributed by atoms with van der Waals surface area (Å²) < 4.78 is 0. The molecule has 3 nitrogen and oxygen atoms in total. The number of nitrogens with two attached hydrogens (primary N) is 1. The van der Waals surface area contributed by atoms with Gasteiger partial charge in [0.15, 0.2) is 0 Å². The molecule has 3 heteroatoms. The number of benzene rings is 1. The molecule has 1 aromatic carbocycles. The summed E-state index contributed by atoms with van der Waals surface area (Å²) in [4.78, 5) is 11.7. The van der Waals surface area contributed by atoms with E-state index in [1.807, 2.05) is 30.3 Å². The van der Waals surface area contributed by atoms with E-state index in [0.29, 0.717) is 18.4 Å². The van der Waals surface area contributed by atoms with Gasteiger partial charge in [0.05, 0.1) is 0 Å². The van der Waals surface area contributed by atoms with E-state index in [4.69, 9.17) is 5.73 Å². The Morgan fingerprint density at radius 1 is 1.26 bits per heavy atom. The van der Waals surface area contributed by atoms with Crippen LogP contribution in [0.5, 0.6) is 0 Å². The molecule has 0 saturated carbocycles. The average molecular weight is 262 g/mol. The van der Waals surface area contributed by atoms with Gasteiger partial charge in [0.25, 0.3) is 0 Å². The Labute approximate surface area is 116 Å². The third kappa shape index (κ3) is 6.97. The molecule has 1 rings (SSSR count). The maximum absolute atomic E-state index is 11.7. The summed E-state index contributed by atoms with van der Waals surface area (Å²) in [6.45, 7) is 7.07. The van der Waals surface area contributed by atoms with Crippen molar-refractivity contribution in [2.24, 2.45) is 11.1 Å². The van der Waals surface area contributed by atoms with Crippen LogP contribution in [0.1, 0.15) is 51.6 Å².